The van der Waals surface area contributed by atoms with Crippen molar-refractivity contribution in [1.82, 2.24) is 5.32 Å². The molecule has 0 heterocycles. The number of nitro benzene ring substituents is 1. The van der Waals surface area contributed by atoms with E-state index in [1.807, 2.05) is 6.07 Å². The minimum absolute atomic E-state index is 0.0285. The first-order valence-corrected chi connectivity index (χ1v) is 7.53. The predicted molar refractivity (Wildman–Crippen MR) is 92.9 cm³/mol. The number of nitrogens with one attached hydrogen (secondary N) is 1. The lowest BCUT2D eigenvalue weighted by Gasteiger charge is -2.08. The minimum Gasteiger partial charge on any atom is -0.348 e. The maximum Gasteiger partial charge on any atom is 0.277 e. The second-order valence-electron chi connectivity index (χ2n) is 5.43. The number of nitriles is 1. The Morgan fingerprint density at radius 3 is 2.40 bits per heavy atom. The van der Waals surface area contributed by atoms with Gasteiger partial charge in [0.05, 0.1) is 21.9 Å². The first-order chi connectivity index (χ1) is 12.1. The lowest BCUT2D eigenvalue weighted by Crippen LogP contribution is -2.23. The number of hydrogen-bond acceptors (Lipinski definition) is 4. The van der Waals surface area contributed by atoms with Crippen LogP contribution in [0.25, 0.3) is 10.8 Å². The number of hydrogen-bond donors (Lipinski definition) is 1. The van der Waals surface area contributed by atoms with E-state index in [1.54, 1.807) is 54.6 Å². The molecule has 1 N–H and O–H groups in total. The molecular weight excluding hydrogens is 318 g/mol. The molecule has 6 nitrogen and oxygen atoms in total. The molecule has 0 bridgehead atoms. The molecule has 0 aliphatic heterocycles. The van der Waals surface area contributed by atoms with E-state index in [0.29, 0.717) is 28.4 Å². The summed E-state index contributed by atoms with van der Waals surface area (Å²) in [4.78, 5) is 23.2. The topological polar surface area (TPSA) is 96.0 Å². The highest BCUT2D eigenvalue weighted by molar-refractivity contribution is 6.09. The van der Waals surface area contributed by atoms with E-state index in [0.717, 1.165) is 5.56 Å². The van der Waals surface area contributed by atoms with Crippen LogP contribution in [0.5, 0.6) is 0 Å². The highest BCUT2D eigenvalue weighted by Gasteiger charge is 2.16. The van der Waals surface area contributed by atoms with Crippen molar-refractivity contribution in [3.63, 3.8) is 0 Å². The van der Waals surface area contributed by atoms with Gasteiger partial charge in [0, 0.05) is 23.6 Å². The molecule has 3 rings (SSSR count). The Kier molecular flexibility index (Phi) is 4.40. The van der Waals surface area contributed by atoms with Crippen molar-refractivity contribution in [2.24, 2.45) is 0 Å². The van der Waals surface area contributed by atoms with Crippen LogP contribution >= 0.6 is 0 Å². The molecule has 0 unspecified atom stereocenters. The molecule has 0 radical (unpaired) electrons. The monoisotopic (exact) mass is 331 g/mol. The third-order valence-electron chi connectivity index (χ3n) is 3.88. The number of benzene rings is 3. The number of rotatable bonds is 4. The molecule has 1 amide bonds. The van der Waals surface area contributed by atoms with E-state index >= 15 is 0 Å². The highest BCUT2D eigenvalue weighted by atomic mass is 16.6. The summed E-state index contributed by atoms with van der Waals surface area (Å²) in [6, 6.07) is 18.5. The van der Waals surface area contributed by atoms with Gasteiger partial charge in [-0.25, -0.2) is 0 Å². The van der Waals surface area contributed by atoms with Gasteiger partial charge in [-0.3, -0.25) is 14.9 Å². The Bertz CT molecular complexity index is 1000. The predicted octanol–water partition coefficient (Wildman–Crippen LogP) is 3.55. The molecule has 0 saturated carbocycles. The normalized spacial score (nSPS) is 10.2. The van der Waals surface area contributed by atoms with Gasteiger partial charge in [-0.05, 0) is 29.8 Å². The van der Waals surface area contributed by atoms with E-state index in [1.165, 1.54) is 6.07 Å². The zero-order valence-corrected chi connectivity index (χ0v) is 13.1. The number of carbonyl (C=O) groups is 1. The zero-order chi connectivity index (χ0) is 17.8. The van der Waals surface area contributed by atoms with E-state index in [-0.39, 0.29) is 11.6 Å². The number of nitrogens with zero attached hydrogens (tertiary/aromatic N) is 2. The Hall–Kier alpha value is -3.72. The average Bonchev–Trinajstić information content (AvgIpc) is 2.65. The molecule has 25 heavy (non-hydrogen) atoms. The van der Waals surface area contributed by atoms with Crippen LogP contribution < -0.4 is 5.32 Å². The first-order valence-electron chi connectivity index (χ1n) is 7.53. The average molecular weight is 331 g/mol. The summed E-state index contributed by atoms with van der Waals surface area (Å²) in [7, 11) is 0. The van der Waals surface area contributed by atoms with Crippen LogP contribution in [0.1, 0.15) is 21.5 Å². The van der Waals surface area contributed by atoms with Gasteiger partial charge in [0.1, 0.15) is 0 Å². The standard InChI is InChI=1S/C19H13N3O3/c20-11-13-7-9-14(10-8-13)12-21-19(23)17-5-1-4-16-15(17)3-2-6-18(16)22(24)25/h1-10H,12H2,(H,21,23). The van der Waals surface area contributed by atoms with Crippen LogP contribution in [0.4, 0.5) is 5.69 Å². The van der Waals surface area contributed by atoms with Crippen LogP contribution in [0.3, 0.4) is 0 Å². The second-order valence-corrected chi connectivity index (χ2v) is 5.43. The van der Waals surface area contributed by atoms with E-state index in [2.05, 4.69) is 5.32 Å². The molecule has 3 aromatic carbocycles. The highest BCUT2D eigenvalue weighted by Crippen LogP contribution is 2.27. The summed E-state index contributed by atoms with van der Waals surface area (Å²) in [5.74, 6) is -0.310. The van der Waals surface area contributed by atoms with E-state index < -0.39 is 4.92 Å². The van der Waals surface area contributed by atoms with Crippen LogP contribution in [0.15, 0.2) is 60.7 Å². The van der Waals surface area contributed by atoms with Gasteiger partial charge in [0.15, 0.2) is 0 Å². The Balaban J connectivity index is 1.86. The van der Waals surface area contributed by atoms with Crippen LogP contribution in [-0.4, -0.2) is 10.8 Å². The van der Waals surface area contributed by atoms with Crippen molar-refractivity contribution in [2.75, 3.05) is 0 Å². The van der Waals surface area contributed by atoms with Gasteiger partial charge >= 0.3 is 0 Å². The van der Waals surface area contributed by atoms with Crippen molar-refractivity contribution < 1.29 is 9.72 Å². The third-order valence-corrected chi connectivity index (χ3v) is 3.88. The summed E-state index contributed by atoms with van der Waals surface area (Å²) in [6.45, 7) is 0.301. The molecule has 0 aromatic heterocycles. The first kappa shape index (κ1) is 16.1. The third kappa shape index (κ3) is 3.31. The van der Waals surface area contributed by atoms with Crippen molar-refractivity contribution in [3.05, 3.63) is 87.5 Å². The SMILES string of the molecule is N#Cc1ccc(CNC(=O)c2cccc3c([N+](=O)[O-])cccc23)cc1. The molecule has 3 aromatic rings. The van der Waals surface area contributed by atoms with Crippen molar-refractivity contribution in [2.45, 2.75) is 6.54 Å². The quantitative estimate of drug-likeness (QED) is 0.584. The lowest BCUT2D eigenvalue weighted by molar-refractivity contribution is -0.383. The Morgan fingerprint density at radius 1 is 1.04 bits per heavy atom. The van der Waals surface area contributed by atoms with Crippen molar-refractivity contribution in [3.8, 4) is 6.07 Å². The number of nitro groups is 1. The number of fused-ring (bicyclic) bond motifs is 1. The van der Waals surface area contributed by atoms with Crippen LogP contribution in [0.2, 0.25) is 0 Å². The number of amides is 1. The van der Waals surface area contributed by atoms with Gasteiger partial charge in [-0.15, -0.1) is 0 Å². The summed E-state index contributed by atoms with van der Waals surface area (Å²) in [6.07, 6.45) is 0. The largest absolute Gasteiger partial charge is 0.348 e. The minimum atomic E-state index is -0.458. The van der Waals surface area contributed by atoms with E-state index in [9.17, 15) is 14.9 Å². The molecule has 0 aliphatic rings. The van der Waals surface area contributed by atoms with Gasteiger partial charge in [0.25, 0.3) is 11.6 Å². The van der Waals surface area contributed by atoms with Gasteiger partial charge in [0.2, 0.25) is 0 Å². The lowest BCUT2D eigenvalue weighted by atomic mass is 10.0. The van der Waals surface area contributed by atoms with Gasteiger partial charge < -0.3 is 5.32 Å². The molecular formula is C19H13N3O3. The maximum absolute atomic E-state index is 12.5. The molecule has 0 spiro atoms. The molecule has 0 fully saturated rings. The maximum atomic E-state index is 12.5. The molecule has 0 saturated heterocycles. The van der Waals surface area contributed by atoms with Crippen LogP contribution in [0, 0.1) is 21.4 Å². The Morgan fingerprint density at radius 2 is 1.72 bits per heavy atom. The van der Waals surface area contributed by atoms with Crippen molar-refractivity contribution in [1.29, 1.82) is 5.26 Å². The fraction of sp³-hybridized carbons (Fsp3) is 0.0526. The fourth-order valence-electron chi connectivity index (χ4n) is 2.63. The second kappa shape index (κ2) is 6.81. The zero-order valence-electron chi connectivity index (χ0n) is 13.1. The molecule has 0 aliphatic carbocycles. The number of non-ortho nitro benzene ring substituents is 1. The van der Waals surface area contributed by atoms with E-state index in [4.69, 9.17) is 5.26 Å². The smallest absolute Gasteiger partial charge is 0.277 e. The van der Waals surface area contributed by atoms with Crippen LogP contribution in [-0.2, 0) is 6.54 Å². The molecule has 122 valence electrons. The van der Waals surface area contributed by atoms with Crippen molar-refractivity contribution >= 4 is 22.4 Å². The summed E-state index contributed by atoms with van der Waals surface area (Å²) >= 11 is 0. The fourth-order valence-corrected chi connectivity index (χ4v) is 2.63. The summed E-state index contributed by atoms with van der Waals surface area (Å²) < 4.78 is 0. The molecule has 6 heteroatoms. The van der Waals surface area contributed by atoms with Gasteiger partial charge in [-0.2, -0.15) is 5.26 Å². The number of carbonyl (C=O) groups excluding carboxylic acids is 1. The molecule has 0 atom stereocenters. The summed E-state index contributed by atoms with van der Waals surface area (Å²) in [5, 5.41) is 23.7. The Labute approximate surface area is 143 Å². The van der Waals surface area contributed by atoms with Gasteiger partial charge in [-0.1, -0.05) is 30.3 Å². The summed E-state index contributed by atoms with van der Waals surface area (Å²) in [5.41, 5.74) is 1.77.